The van der Waals surface area contributed by atoms with Crippen LogP contribution in [0.3, 0.4) is 0 Å². The number of halogens is 2. The number of hydrogen-bond donors (Lipinski definition) is 2. The summed E-state index contributed by atoms with van der Waals surface area (Å²) < 4.78 is 18.5. The maximum Gasteiger partial charge on any atom is 0.271 e. The fourth-order valence-electron chi connectivity index (χ4n) is 1.67. The van der Waals surface area contributed by atoms with Crippen LogP contribution in [0.4, 0.5) is 4.39 Å². The first-order chi connectivity index (χ1) is 10.5. The molecule has 0 bridgehead atoms. The van der Waals surface area contributed by atoms with Gasteiger partial charge in [-0.3, -0.25) is 4.79 Å². The van der Waals surface area contributed by atoms with Gasteiger partial charge in [0.2, 0.25) is 0 Å². The number of hydrazone groups is 1. The first kappa shape index (κ1) is 16.0. The van der Waals surface area contributed by atoms with Crippen LogP contribution < -0.4 is 10.2 Å². The van der Waals surface area contributed by atoms with Crippen LogP contribution >= 0.6 is 15.9 Å². The molecule has 0 atom stereocenters. The summed E-state index contributed by atoms with van der Waals surface area (Å²) in [7, 11) is 1.43. The van der Waals surface area contributed by atoms with E-state index in [1.807, 2.05) is 0 Å². The molecule has 114 valence electrons. The minimum absolute atomic E-state index is 0.0921. The highest BCUT2D eigenvalue weighted by Crippen LogP contribution is 2.32. The number of nitrogens with one attached hydrogen (secondary N) is 1. The van der Waals surface area contributed by atoms with E-state index in [0.29, 0.717) is 10.0 Å². The van der Waals surface area contributed by atoms with Crippen LogP contribution in [-0.2, 0) is 0 Å². The van der Waals surface area contributed by atoms with Gasteiger partial charge in [-0.25, -0.2) is 9.82 Å². The van der Waals surface area contributed by atoms with E-state index in [2.05, 4.69) is 26.5 Å². The maximum absolute atomic E-state index is 12.8. The van der Waals surface area contributed by atoms with Crippen molar-refractivity contribution < 1.29 is 19.0 Å². The van der Waals surface area contributed by atoms with Crippen molar-refractivity contribution in [3.8, 4) is 11.5 Å². The molecule has 0 fully saturated rings. The van der Waals surface area contributed by atoms with E-state index in [-0.39, 0.29) is 17.1 Å². The van der Waals surface area contributed by atoms with E-state index in [1.165, 1.54) is 37.6 Å². The molecule has 0 saturated carbocycles. The molecule has 0 aliphatic carbocycles. The van der Waals surface area contributed by atoms with Crippen LogP contribution in [0.25, 0.3) is 0 Å². The van der Waals surface area contributed by atoms with E-state index >= 15 is 0 Å². The summed E-state index contributed by atoms with van der Waals surface area (Å²) >= 11 is 3.28. The van der Waals surface area contributed by atoms with Crippen molar-refractivity contribution in [3.05, 3.63) is 57.8 Å². The Morgan fingerprint density at radius 2 is 2.05 bits per heavy atom. The quantitative estimate of drug-likeness (QED) is 0.645. The molecule has 0 radical (unpaired) electrons. The molecule has 2 N–H and O–H groups in total. The average Bonchev–Trinajstić information content (AvgIpc) is 2.50. The van der Waals surface area contributed by atoms with Crippen molar-refractivity contribution in [2.75, 3.05) is 7.11 Å². The Labute approximate surface area is 134 Å². The summed E-state index contributed by atoms with van der Waals surface area (Å²) in [6.07, 6.45) is 1.28. The lowest BCUT2D eigenvalue weighted by Crippen LogP contribution is -2.17. The number of nitrogens with zero attached hydrogens (tertiary/aromatic N) is 1. The number of methoxy groups -OCH3 is 1. The number of phenolic OH excluding ortho intramolecular Hbond substituents is 1. The largest absolute Gasteiger partial charge is 0.504 e. The number of rotatable bonds is 4. The number of carbonyl (C=O) groups excluding carboxylic acids is 1. The minimum Gasteiger partial charge on any atom is -0.504 e. The van der Waals surface area contributed by atoms with Gasteiger partial charge < -0.3 is 9.84 Å². The first-order valence-corrected chi connectivity index (χ1v) is 6.96. The third-order valence-corrected chi connectivity index (χ3v) is 3.22. The van der Waals surface area contributed by atoms with Crippen LogP contribution in [0, 0.1) is 5.82 Å². The smallest absolute Gasteiger partial charge is 0.271 e. The number of amides is 1. The number of phenols is 1. The summed E-state index contributed by atoms with van der Waals surface area (Å²) in [4.78, 5) is 11.8. The summed E-state index contributed by atoms with van der Waals surface area (Å²) in [6.45, 7) is 0. The van der Waals surface area contributed by atoms with Gasteiger partial charge in [-0.1, -0.05) is 15.9 Å². The summed E-state index contributed by atoms with van der Waals surface area (Å²) in [6, 6.07) is 8.28. The second kappa shape index (κ2) is 7.04. The van der Waals surface area contributed by atoms with E-state index in [9.17, 15) is 14.3 Å². The number of aromatic hydroxyl groups is 1. The highest BCUT2D eigenvalue weighted by Gasteiger charge is 2.08. The Morgan fingerprint density at radius 3 is 2.68 bits per heavy atom. The Morgan fingerprint density at radius 1 is 1.36 bits per heavy atom. The third-order valence-electron chi connectivity index (χ3n) is 2.77. The van der Waals surface area contributed by atoms with Crippen LogP contribution in [0.15, 0.2) is 46.0 Å². The van der Waals surface area contributed by atoms with Crippen LogP contribution in [-0.4, -0.2) is 24.3 Å². The zero-order valence-electron chi connectivity index (χ0n) is 11.5. The van der Waals surface area contributed by atoms with Gasteiger partial charge in [-0.2, -0.15) is 5.10 Å². The molecule has 1 amide bonds. The maximum atomic E-state index is 12.8. The monoisotopic (exact) mass is 366 g/mol. The van der Waals surface area contributed by atoms with E-state index in [4.69, 9.17) is 4.74 Å². The number of ether oxygens (including phenoxy) is 1. The van der Waals surface area contributed by atoms with Crippen LogP contribution in [0.2, 0.25) is 0 Å². The molecule has 0 spiro atoms. The molecule has 7 heteroatoms. The molecule has 22 heavy (non-hydrogen) atoms. The zero-order valence-corrected chi connectivity index (χ0v) is 13.1. The molecule has 0 aromatic heterocycles. The molecule has 2 rings (SSSR count). The molecule has 5 nitrogen and oxygen atoms in total. The Kier molecular flexibility index (Phi) is 5.11. The summed E-state index contributed by atoms with van der Waals surface area (Å²) in [5.74, 6) is -0.727. The SMILES string of the molecule is COc1cc(Br)cc(C=NNC(=O)c2ccc(F)cc2)c1O. The Balaban J connectivity index is 2.11. The molecule has 0 saturated heterocycles. The predicted octanol–water partition coefficient (Wildman–Crippen LogP) is 3.07. The van der Waals surface area contributed by atoms with Gasteiger partial charge in [0.1, 0.15) is 5.82 Å². The molecule has 0 unspecified atom stereocenters. The lowest BCUT2D eigenvalue weighted by Gasteiger charge is -2.06. The minimum atomic E-state index is -0.488. The van der Waals surface area contributed by atoms with E-state index in [1.54, 1.807) is 12.1 Å². The van der Waals surface area contributed by atoms with Crippen molar-refractivity contribution in [1.82, 2.24) is 5.43 Å². The first-order valence-electron chi connectivity index (χ1n) is 6.16. The molecular formula is C15H12BrFN2O3. The van der Waals surface area contributed by atoms with Crippen LogP contribution in [0.5, 0.6) is 11.5 Å². The van der Waals surface area contributed by atoms with Gasteiger partial charge >= 0.3 is 0 Å². The third kappa shape index (κ3) is 3.82. The molecule has 0 aliphatic rings. The lowest BCUT2D eigenvalue weighted by atomic mass is 10.2. The number of benzene rings is 2. The fourth-order valence-corrected chi connectivity index (χ4v) is 2.13. The highest BCUT2D eigenvalue weighted by molar-refractivity contribution is 9.10. The van der Waals surface area contributed by atoms with Crippen molar-refractivity contribution in [2.24, 2.45) is 5.10 Å². The Hall–Kier alpha value is -2.41. The molecule has 0 heterocycles. The molecule has 2 aromatic carbocycles. The molecule has 0 aliphatic heterocycles. The number of carbonyl (C=O) groups is 1. The summed E-state index contributed by atoms with van der Waals surface area (Å²) in [5.41, 5.74) is 2.93. The summed E-state index contributed by atoms with van der Waals surface area (Å²) in [5, 5.41) is 13.7. The van der Waals surface area contributed by atoms with Gasteiger partial charge in [0.15, 0.2) is 11.5 Å². The molecule has 2 aromatic rings. The standard InChI is InChI=1S/C15H12BrFN2O3/c1-22-13-7-11(16)6-10(14(13)20)8-18-19-15(21)9-2-4-12(17)5-3-9/h2-8,20H,1H3,(H,19,21). The zero-order chi connectivity index (χ0) is 16.1. The topological polar surface area (TPSA) is 70.9 Å². The van der Waals surface area contributed by atoms with Crippen molar-refractivity contribution >= 4 is 28.1 Å². The molecular weight excluding hydrogens is 355 g/mol. The number of hydrogen-bond acceptors (Lipinski definition) is 4. The van der Waals surface area contributed by atoms with Gasteiger partial charge in [-0.05, 0) is 36.4 Å². The predicted molar refractivity (Wildman–Crippen MR) is 83.8 cm³/mol. The van der Waals surface area contributed by atoms with Gasteiger partial charge in [0.25, 0.3) is 5.91 Å². The normalized spacial score (nSPS) is 10.7. The van der Waals surface area contributed by atoms with Gasteiger partial charge in [0, 0.05) is 15.6 Å². The van der Waals surface area contributed by atoms with E-state index < -0.39 is 11.7 Å². The Bertz CT molecular complexity index is 717. The van der Waals surface area contributed by atoms with Crippen LogP contribution in [0.1, 0.15) is 15.9 Å². The van der Waals surface area contributed by atoms with Crippen molar-refractivity contribution in [3.63, 3.8) is 0 Å². The van der Waals surface area contributed by atoms with E-state index in [0.717, 1.165) is 0 Å². The lowest BCUT2D eigenvalue weighted by molar-refractivity contribution is 0.0955. The second-order valence-corrected chi connectivity index (χ2v) is 5.17. The van der Waals surface area contributed by atoms with Gasteiger partial charge in [0.05, 0.1) is 13.3 Å². The van der Waals surface area contributed by atoms with Gasteiger partial charge in [-0.15, -0.1) is 0 Å². The van der Waals surface area contributed by atoms with Crippen molar-refractivity contribution in [1.29, 1.82) is 0 Å². The van der Waals surface area contributed by atoms with Crippen molar-refractivity contribution in [2.45, 2.75) is 0 Å². The second-order valence-electron chi connectivity index (χ2n) is 4.25. The fraction of sp³-hybridized carbons (Fsp3) is 0.0667. The average molecular weight is 367 g/mol. The highest BCUT2D eigenvalue weighted by atomic mass is 79.9.